The fourth-order valence-electron chi connectivity index (χ4n) is 1.23. The fraction of sp³-hybridized carbons (Fsp3) is 0.462. The molecule has 1 aromatic heterocycles. The molecule has 0 aromatic carbocycles. The number of nitrogens with one attached hydrogen (secondary N) is 1. The normalized spacial score (nSPS) is 12.4. The molecule has 1 atom stereocenters. The number of hydrogen-bond donors (Lipinski definition) is 1. The fourth-order valence-corrected chi connectivity index (χ4v) is 1.23. The minimum atomic E-state index is -0.811. The highest BCUT2D eigenvalue weighted by Gasteiger charge is 2.21. The van der Waals surface area contributed by atoms with Crippen molar-refractivity contribution in [2.45, 2.75) is 39.2 Å². The summed E-state index contributed by atoms with van der Waals surface area (Å²) in [5, 5.41) is 0. The Hall–Kier alpha value is -2.11. The van der Waals surface area contributed by atoms with Gasteiger partial charge in [0.1, 0.15) is 5.60 Å². The molecule has 0 spiro atoms. The van der Waals surface area contributed by atoms with E-state index in [0.717, 1.165) is 0 Å². The SMILES string of the molecule is CC(C(=O)ONC(=O)OC(C)(C)C)c1ccccn1. The molecule has 6 heteroatoms. The van der Waals surface area contributed by atoms with Gasteiger partial charge in [0.05, 0.1) is 11.6 Å². The number of carbonyl (C=O) groups is 2. The second-order valence-corrected chi connectivity index (χ2v) is 5.00. The molecule has 6 nitrogen and oxygen atoms in total. The lowest BCUT2D eigenvalue weighted by Crippen LogP contribution is -2.35. The van der Waals surface area contributed by atoms with Crippen LogP contribution in [-0.2, 0) is 14.4 Å². The highest BCUT2D eigenvalue weighted by Crippen LogP contribution is 2.13. The van der Waals surface area contributed by atoms with Crippen LogP contribution in [0.5, 0.6) is 0 Å². The number of ether oxygens (including phenoxy) is 1. The van der Waals surface area contributed by atoms with Crippen LogP contribution in [0.15, 0.2) is 24.4 Å². The Labute approximate surface area is 112 Å². The van der Waals surface area contributed by atoms with Crippen molar-refractivity contribution in [1.29, 1.82) is 0 Å². The summed E-state index contributed by atoms with van der Waals surface area (Å²) < 4.78 is 4.93. The van der Waals surface area contributed by atoms with Crippen LogP contribution >= 0.6 is 0 Å². The van der Waals surface area contributed by atoms with E-state index < -0.39 is 23.6 Å². The van der Waals surface area contributed by atoms with Crippen molar-refractivity contribution in [1.82, 2.24) is 10.5 Å². The Bertz CT molecular complexity index is 440. The van der Waals surface area contributed by atoms with Gasteiger partial charge in [-0.1, -0.05) is 6.07 Å². The molecule has 0 aliphatic heterocycles. The molecule has 0 saturated carbocycles. The molecular formula is C13H18N2O4. The average Bonchev–Trinajstić information content (AvgIpc) is 2.34. The lowest BCUT2D eigenvalue weighted by molar-refractivity contribution is -0.152. The number of aromatic nitrogens is 1. The van der Waals surface area contributed by atoms with Gasteiger partial charge in [0.25, 0.3) is 0 Å². The molecule has 0 radical (unpaired) electrons. The van der Waals surface area contributed by atoms with Gasteiger partial charge in [-0.05, 0) is 39.8 Å². The van der Waals surface area contributed by atoms with Crippen LogP contribution in [0.1, 0.15) is 39.3 Å². The lowest BCUT2D eigenvalue weighted by Gasteiger charge is -2.19. The number of rotatable bonds is 2. The van der Waals surface area contributed by atoms with E-state index in [2.05, 4.69) is 9.82 Å². The molecule has 0 fully saturated rings. The van der Waals surface area contributed by atoms with Crippen molar-refractivity contribution in [3.8, 4) is 0 Å². The molecule has 1 unspecified atom stereocenters. The van der Waals surface area contributed by atoms with Crippen LogP contribution in [0.2, 0.25) is 0 Å². The first-order valence-electron chi connectivity index (χ1n) is 5.90. The summed E-state index contributed by atoms with van der Waals surface area (Å²) in [6.45, 7) is 6.78. The molecule has 19 heavy (non-hydrogen) atoms. The van der Waals surface area contributed by atoms with E-state index in [0.29, 0.717) is 5.69 Å². The minimum Gasteiger partial charge on any atom is -0.442 e. The van der Waals surface area contributed by atoms with E-state index >= 15 is 0 Å². The highest BCUT2D eigenvalue weighted by atomic mass is 16.7. The molecule has 0 bridgehead atoms. The van der Waals surface area contributed by atoms with Crippen molar-refractivity contribution in [3.63, 3.8) is 0 Å². The summed E-state index contributed by atoms with van der Waals surface area (Å²) in [4.78, 5) is 31.7. The van der Waals surface area contributed by atoms with Gasteiger partial charge >= 0.3 is 12.1 Å². The molecule has 1 aromatic rings. The van der Waals surface area contributed by atoms with Crippen molar-refractivity contribution < 1.29 is 19.2 Å². The van der Waals surface area contributed by atoms with Gasteiger partial charge in [-0.25, -0.2) is 9.59 Å². The second kappa shape index (κ2) is 6.17. The molecule has 1 amide bonds. The number of pyridine rings is 1. The number of carbonyl (C=O) groups excluding carboxylic acids is 2. The maximum Gasteiger partial charge on any atom is 0.441 e. The molecule has 0 aliphatic rings. The standard InChI is InChI=1S/C13H18N2O4/c1-9(10-7-5-6-8-14-10)11(16)19-15-12(17)18-13(2,3)4/h5-9H,1-4H3,(H,15,17). The smallest absolute Gasteiger partial charge is 0.441 e. The summed E-state index contributed by atoms with van der Waals surface area (Å²) >= 11 is 0. The zero-order valence-electron chi connectivity index (χ0n) is 11.5. The summed E-state index contributed by atoms with van der Waals surface area (Å²) in [6.07, 6.45) is 0.773. The van der Waals surface area contributed by atoms with Crippen molar-refractivity contribution in [2.24, 2.45) is 0 Å². The number of hydroxylamine groups is 1. The van der Waals surface area contributed by atoms with E-state index in [1.165, 1.54) is 0 Å². The Morgan fingerprint density at radius 2 is 2.00 bits per heavy atom. The summed E-state index contributed by atoms with van der Waals surface area (Å²) in [5.74, 6) is -1.18. The quantitative estimate of drug-likeness (QED) is 0.830. The topological polar surface area (TPSA) is 77.5 Å². The maximum absolute atomic E-state index is 11.7. The van der Waals surface area contributed by atoms with Gasteiger partial charge in [-0.2, -0.15) is 0 Å². The molecule has 1 N–H and O–H groups in total. The molecule has 104 valence electrons. The van der Waals surface area contributed by atoms with Gasteiger partial charge in [0.2, 0.25) is 0 Å². The van der Waals surface area contributed by atoms with Crippen LogP contribution in [0.4, 0.5) is 4.79 Å². The van der Waals surface area contributed by atoms with Gasteiger partial charge in [0, 0.05) is 6.20 Å². The molecule has 1 rings (SSSR count). The molecular weight excluding hydrogens is 248 g/mol. The Morgan fingerprint density at radius 3 is 2.53 bits per heavy atom. The van der Waals surface area contributed by atoms with Gasteiger partial charge in [0.15, 0.2) is 0 Å². The van der Waals surface area contributed by atoms with Gasteiger partial charge in [-0.3, -0.25) is 4.98 Å². The monoisotopic (exact) mass is 266 g/mol. The van der Waals surface area contributed by atoms with Crippen molar-refractivity contribution >= 4 is 12.1 Å². The van der Waals surface area contributed by atoms with Crippen LogP contribution < -0.4 is 5.48 Å². The summed E-state index contributed by atoms with van der Waals surface area (Å²) in [5.41, 5.74) is 1.87. The molecule has 0 saturated heterocycles. The van der Waals surface area contributed by atoms with Crippen molar-refractivity contribution in [2.75, 3.05) is 0 Å². The summed E-state index contributed by atoms with van der Waals surface area (Å²) in [7, 11) is 0. The van der Waals surface area contributed by atoms with E-state index in [-0.39, 0.29) is 0 Å². The van der Waals surface area contributed by atoms with Gasteiger partial charge < -0.3 is 9.57 Å². The third-order valence-electron chi connectivity index (χ3n) is 2.12. The molecule has 0 aliphatic carbocycles. The zero-order valence-corrected chi connectivity index (χ0v) is 11.5. The van der Waals surface area contributed by atoms with Crippen LogP contribution in [0, 0.1) is 0 Å². The second-order valence-electron chi connectivity index (χ2n) is 5.00. The zero-order chi connectivity index (χ0) is 14.5. The average molecular weight is 266 g/mol. The first-order chi connectivity index (χ1) is 8.79. The lowest BCUT2D eigenvalue weighted by atomic mass is 10.1. The van der Waals surface area contributed by atoms with Crippen LogP contribution in [-0.4, -0.2) is 22.6 Å². The van der Waals surface area contributed by atoms with E-state index in [9.17, 15) is 9.59 Å². The van der Waals surface area contributed by atoms with Crippen molar-refractivity contribution in [3.05, 3.63) is 30.1 Å². The van der Waals surface area contributed by atoms with E-state index in [1.54, 1.807) is 52.1 Å². The third kappa shape index (κ3) is 5.37. The summed E-state index contributed by atoms with van der Waals surface area (Å²) in [6, 6.07) is 5.23. The maximum atomic E-state index is 11.7. The Morgan fingerprint density at radius 1 is 1.32 bits per heavy atom. The van der Waals surface area contributed by atoms with Crippen LogP contribution in [0.25, 0.3) is 0 Å². The van der Waals surface area contributed by atoms with E-state index in [4.69, 9.17) is 4.74 Å². The van der Waals surface area contributed by atoms with E-state index in [1.807, 2.05) is 5.48 Å². The predicted octanol–water partition coefficient (Wildman–Crippen LogP) is 2.17. The number of nitrogens with zero attached hydrogens (tertiary/aromatic N) is 1. The number of hydrogen-bond acceptors (Lipinski definition) is 5. The third-order valence-corrected chi connectivity index (χ3v) is 2.12. The Balaban J connectivity index is 2.46. The number of amides is 1. The minimum absolute atomic E-state index is 0.568. The first-order valence-corrected chi connectivity index (χ1v) is 5.90. The first kappa shape index (κ1) is 14.9. The largest absolute Gasteiger partial charge is 0.442 e. The highest BCUT2D eigenvalue weighted by molar-refractivity contribution is 5.78. The predicted molar refractivity (Wildman–Crippen MR) is 68.1 cm³/mol. The van der Waals surface area contributed by atoms with Gasteiger partial charge in [-0.15, -0.1) is 5.48 Å². The molecule has 1 heterocycles. The Kier molecular flexibility index (Phi) is 4.86. The van der Waals surface area contributed by atoms with Crippen LogP contribution in [0.3, 0.4) is 0 Å².